The van der Waals surface area contributed by atoms with Crippen LogP contribution in [0.2, 0.25) is 4.25 Å². The Balaban J connectivity index is 3.02. The first-order valence-electron chi connectivity index (χ1n) is 1.79. The van der Waals surface area contributed by atoms with Gasteiger partial charge in [0.1, 0.15) is 0 Å². The Morgan fingerprint density at radius 2 is 1.20 bits per heavy atom. The van der Waals surface area contributed by atoms with Crippen LogP contribution < -0.4 is 0 Å². The summed E-state index contributed by atoms with van der Waals surface area (Å²) < 4.78 is 0.562. The van der Waals surface area contributed by atoms with Crippen LogP contribution in [0.4, 0.5) is 0 Å². The Bertz CT molecular complexity index is 19.1. The van der Waals surface area contributed by atoms with Crippen LogP contribution >= 0.6 is 0 Å². The molecule has 0 atom stereocenters. The molecule has 0 fully saturated rings. The van der Waals surface area contributed by atoms with E-state index in [-0.39, 0.29) is 0 Å². The molecule has 0 heterocycles. The van der Waals surface area contributed by atoms with Gasteiger partial charge >= 0.3 is 41.5 Å². The van der Waals surface area contributed by atoms with E-state index in [1.165, 1.54) is 0 Å². The quantitative estimate of drug-likeness (QED) is 0.431. The summed E-state index contributed by atoms with van der Waals surface area (Å²) in [6, 6.07) is 0. The molecule has 0 bridgehead atoms. The molecule has 0 aromatic heterocycles. The van der Waals surface area contributed by atoms with Crippen molar-refractivity contribution in [2.75, 3.05) is 0 Å². The van der Waals surface area contributed by atoms with E-state index >= 15 is 0 Å². The third kappa shape index (κ3) is 99.7. The predicted molar refractivity (Wildman–Crippen MR) is 26.9 cm³/mol. The fourth-order valence-electron chi connectivity index (χ4n) is 0. The molecule has 1 heteroatoms. The van der Waals surface area contributed by atoms with E-state index in [1.807, 2.05) is 0 Å². The van der Waals surface area contributed by atoms with Gasteiger partial charge in [0.05, 0.1) is 0 Å². The maximum absolute atomic E-state index is 2.22. The second-order valence-corrected chi connectivity index (χ2v) is 6.00. The molecule has 0 aliphatic heterocycles. The van der Waals surface area contributed by atoms with Crippen LogP contribution in [0.3, 0.4) is 0 Å². The molecule has 0 amide bonds. The zero-order chi connectivity index (χ0) is 4.50. The molecular weight excluding hydrogens is 121 g/mol. The molecule has 0 spiro atoms. The average Bonchev–Trinajstić information content (AvgIpc) is 0.722. The topological polar surface area (TPSA) is 0 Å². The van der Waals surface area contributed by atoms with Gasteiger partial charge < -0.3 is 0 Å². The van der Waals surface area contributed by atoms with Gasteiger partial charge in [0.2, 0.25) is 0 Å². The summed E-state index contributed by atoms with van der Waals surface area (Å²) in [6.07, 6.45) is 0. The number of rotatable bonds is 0. The van der Waals surface area contributed by atoms with Crippen LogP contribution in [0.1, 0.15) is 20.8 Å². The number of hydrogen-bond acceptors (Lipinski definition) is 0. The summed E-state index contributed by atoms with van der Waals surface area (Å²) in [4.78, 5) is 0. The van der Waals surface area contributed by atoms with Crippen molar-refractivity contribution < 1.29 is 0 Å². The Morgan fingerprint density at radius 1 is 1.20 bits per heavy atom. The van der Waals surface area contributed by atoms with E-state index in [0.29, 0.717) is 4.25 Å². The van der Waals surface area contributed by atoms with Gasteiger partial charge in [0.15, 0.2) is 0 Å². The van der Waals surface area contributed by atoms with E-state index < -0.39 is 0 Å². The predicted octanol–water partition coefficient (Wildman–Crippen LogP) is 1.11. The zero-order valence-corrected chi connectivity index (χ0v) is 6.50. The van der Waals surface area contributed by atoms with Crippen molar-refractivity contribution in [2.24, 2.45) is 0 Å². The first kappa shape index (κ1) is 5.54. The molecule has 0 aromatic rings. The standard InChI is InChI=1S/C4H10Ge/c1-4(2,3)5/h5H,1-3H3. The van der Waals surface area contributed by atoms with Gasteiger partial charge in [-0.25, -0.2) is 0 Å². The average molecular weight is 131 g/mol. The molecule has 2 radical (unpaired) electrons. The zero-order valence-electron chi connectivity index (χ0n) is 4.08. The molecule has 0 saturated heterocycles. The van der Waals surface area contributed by atoms with E-state index in [0.717, 1.165) is 0 Å². The minimum absolute atomic E-state index is 0.562. The molecule has 0 rings (SSSR count). The first-order valence-corrected chi connectivity index (χ1v) is 3.00. The summed E-state index contributed by atoms with van der Waals surface area (Å²) >= 11 is 1.79. The third-order valence-corrected chi connectivity index (χ3v) is 0. The normalized spacial score (nSPS) is 12.0. The summed E-state index contributed by atoms with van der Waals surface area (Å²) in [5.74, 6) is 0. The molecule has 0 aliphatic carbocycles. The van der Waals surface area contributed by atoms with Gasteiger partial charge in [-0.1, -0.05) is 0 Å². The van der Waals surface area contributed by atoms with Gasteiger partial charge in [0.25, 0.3) is 0 Å². The fraction of sp³-hybridized carbons (Fsp3) is 1.00. The Kier molecular flexibility index (Phi) is 1.48. The summed E-state index contributed by atoms with van der Waals surface area (Å²) in [5, 5.41) is 0. The Morgan fingerprint density at radius 3 is 1.20 bits per heavy atom. The van der Waals surface area contributed by atoms with Crippen molar-refractivity contribution in [2.45, 2.75) is 25.0 Å². The molecule has 0 N–H and O–H groups in total. The van der Waals surface area contributed by atoms with Crippen LogP contribution in [0.15, 0.2) is 0 Å². The van der Waals surface area contributed by atoms with Crippen molar-refractivity contribution in [1.82, 2.24) is 0 Å². The van der Waals surface area contributed by atoms with Gasteiger partial charge in [-0.15, -0.1) is 0 Å². The van der Waals surface area contributed by atoms with Crippen molar-refractivity contribution >= 4 is 16.5 Å². The number of hydrogen-bond donors (Lipinski definition) is 0. The minimum atomic E-state index is 0.562. The van der Waals surface area contributed by atoms with Crippen LogP contribution in [-0.2, 0) is 0 Å². The van der Waals surface area contributed by atoms with Crippen molar-refractivity contribution in [3.63, 3.8) is 0 Å². The SMILES string of the molecule is C[C](C)(C)[GeH]. The molecule has 0 aromatic carbocycles. The van der Waals surface area contributed by atoms with E-state index in [9.17, 15) is 0 Å². The second-order valence-electron chi connectivity index (χ2n) is 2.37. The molecule has 0 nitrogen and oxygen atoms in total. The maximum atomic E-state index is 2.22. The monoisotopic (exact) mass is 132 g/mol. The molecule has 0 aliphatic rings. The third-order valence-electron chi connectivity index (χ3n) is 0. The van der Waals surface area contributed by atoms with Crippen molar-refractivity contribution in [3.8, 4) is 0 Å². The van der Waals surface area contributed by atoms with E-state index in [2.05, 4.69) is 20.8 Å². The van der Waals surface area contributed by atoms with Gasteiger partial charge in [-0.2, -0.15) is 0 Å². The molecular formula is C4H10Ge. The van der Waals surface area contributed by atoms with Crippen LogP contribution in [0.25, 0.3) is 0 Å². The summed E-state index contributed by atoms with van der Waals surface area (Å²) in [6.45, 7) is 6.65. The van der Waals surface area contributed by atoms with Crippen LogP contribution in [0.5, 0.6) is 0 Å². The molecule has 5 heavy (non-hydrogen) atoms. The Hall–Kier alpha value is 0.543. The van der Waals surface area contributed by atoms with Gasteiger partial charge in [0, 0.05) is 0 Å². The summed E-state index contributed by atoms with van der Waals surface area (Å²) in [5.41, 5.74) is 0. The molecule has 30 valence electrons. The van der Waals surface area contributed by atoms with Crippen LogP contribution in [0, 0.1) is 0 Å². The Labute approximate surface area is 42.2 Å². The van der Waals surface area contributed by atoms with Gasteiger partial charge in [-0.05, 0) is 0 Å². The van der Waals surface area contributed by atoms with E-state index in [4.69, 9.17) is 0 Å². The second kappa shape index (κ2) is 1.33. The van der Waals surface area contributed by atoms with Crippen molar-refractivity contribution in [3.05, 3.63) is 0 Å². The van der Waals surface area contributed by atoms with E-state index in [1.54, 1.807) is 16.5 Å². The van der Waals surface area contributed by atoms with Crippen LogP contribution in [-0.4, -0.2) is 16.5 Å². The first-order chi connectivity index (χ1) is 2.00. The fourth-order valence-corrected chi connectivity index (χ4v) is 0. The molecule has 0 unspecified atom stereocenters. The van der Waals surface area contributed by atoms with Gasteiger partial charge in [-0.3, -0.25) is 0 Å². The molecule has 0 saturated carbocycles. The summed E-state index contributed by atoms with van der Waals surface area (Å²) in [7, 11) is 0. The van der Waals surface area contributed by atoms with Crippen molar-refractivity contribution in [1.29, 1.82) is 0 Å².